The first-order chi connectivity index (χ1) is 12.7. The van der Waals surface area contributed by atoms with Crippen LogP contribution in [0.5, 0.6) is 5.75 Å². The Morgan fingerprint density at radius 3 is 2.63 bits per heavy atom. The van der Waals surface area contributed by atoms with E-state index in [4.69, 9.17) is 4.74 Å². The van der Waals surface area contributed by atoms with E-state index >= 15 is 0 Å². The molecule has 1 aromatic carbocycles. The number of hydrogen-bond donors (Lipinski definition) is 2. The molecule has 5 nitrogen and oxygen atoms in total. The van der Waals surface area contributed by atoms with Crippen LogP contribution in [-0.4, -0.2) is 17.0 Å². The van der Waals surface area contributed by atoms with Crippen molar-refractivity contribution in [2.45, 2.75) is 45.0 Å². The SMILES string of the molecule is CCCC1Oc2cc(C)ccc2[C@H]1NC(=O)c1ccc(C(F)(F)F)[nH]c1=O. The van der Waals surface area contributed by atoms with E-state index in [1.807, 2.05) is 32.0 Å². The van der Waals surface area contributed by atoms with Gasteiger partial charge in [0.1, 0.15) is 23.1 Å². The van der Waals surface area contributed by atoms with Crippen LogP contribution in [0.3, 0.4) is 0 Å². The van der Waals surface area contributed by atoms with Crippen molar-refractivity contribution in [3.8, 4) is 5.75 Å². The minimum Gasteiger partial charge on any atom is -0.488 e. The quantitative estimate of drug-likeness (QED) is 0.849. The first-order valence-corrected chi connectivity index (χ1v) is 8.59. The van der Waals surface area contributed by atoms with E-state index in [9.17, 15) is 22.8 Å². The molecule has 1 aliphatic rings. The molecule has 2 heterocycles. The molecule has 0 saturated heterocycles. The van der Waals surface area contributed by atoms with Gasteiger partial charge in [0.2, 0.25) is 0 Å². The topological polar surface area (TPSA) is 71.2 Å². The number of hydrogen-bond acceptors (Lipinski definition) is 3. The maximum Gasteiger partial charge on any atom is 0.431 e. The molecule has 8 heteroatoms. The normalized spacial score (nSPS) is 18.7. The van der Waals surface area contributed by atoms with Gasteiger partial charge in [-0.3, -0.25) is 9.59 Å². The van der Waals surface area contributed by atoms with Crippen LogP contribution in [0.15, 0.2) is 35.1 Å². The molecule has 0 aliphatic carbocycles. The lowest BCUT2D eigenvalue weighted by molar-refractivity contribution is -0.141. The summed E-state index contributed by atoms with van der Waals surface area (Å²) < 4.78 is 43.9. The molecule has 1 unspecified atom stereocenters. The number of ether oxygens (including phenoxy) is 1. The Morgan fingerprint density at radius 2 is 2.00 bits per heavy atom. The fourth-order valence-corrected chi connectivity index (χ4v) is 3.15. The zero-order valence-electron chi connectivity index (χ0n) is 14.8. The first-order valence-electron chi connectivity index (χ1n) is 8.59. The fraction of sp³-hybridized carbons (Fsp3) is 0.368. The molecule has 144 valence electrons. The van der Waals surface area contributed by atoms with Crippen molar-refractivity contribution in [1.29, 1.82) is 0 Å². The average Bonchev–Trinajstić information content (AvgIpc) is 2.90. The van der Waals surface area contributed by atoms with Gasteiger partial charge in [-0.15, -0.1) is 0 Å². The summed E-state index contributed by atoms with van der Waals surface area (Å²) in [5, 5.41) is 2.74. The standard InChI is InChI=1S/C19H19F3N2O3/c1-3-4-13-16(11-6-5-10(2)9-14(11)27-13)24-18(26)12-7-8-15(19(20,21)22)23-17(12)25/h5-9,13,16H,3-4H2,1-2H3,(H,23,25)(H,24,26)/t13?,16-/m1/s1. The molecule has 2 N–H and O–H groups in total. The van der Waals surface area contributed by atoms with E-state index in [1.165, 1.54) is 0 Å². The van der Waals surface area contributed by atoms with Gasteiger partial charge < -0.3 is 15.0 Å². The molecule has 3 rings (SSSR count). The highest BCUT2D eigenvalue weighted by Crippen LogP contribution is 2.39. The lowest BCUT2D eigenvalue weighted by Gasteiger charge is -2.20. The van der Waals surface area contributed by atoms with Crippen molar-refractivity contribution in [3.63, 3.8) is 0 Å². The van der Waals surface area contributed by atoms with Crippen molar-refractivity contribution in [2.24, 2.45) is 0 Å². The Kier molecular flexibility index (Phi) is 4.99. The third kappa shape index (κ3) is 3.84. The van der Waals surface area contributed by atoms with Crippen molar-refractivity contribution in [1.82, 2.24) is 10.3 Å². The van der Waals surface area contributed by atoms with Crippen LogP contribution in [0.4, 0.5) is 13.2 Å². The van der Waals surface area contributed by atoms with Crippen LogP contribution < -0.4 is 15.6 Å². The number of alkyl halides is 3. The molecule has 0 saturated carbocycles. The Morgan fingerprint density at radius 1 is 1.26 bits per heavy atom. The molecule has 0 fully saturated rings. The third-order valence-electron chi connectivity index (χ3n) is 4.47. The lowest BCUT2D eigenvalue weighted by atomic mass is 9.99. The second-order valence-electron chi connectivity index (χ2n) is 6.55. The predicted molar refractivity (Wildman–Crippen MR) is 92.8 cm³/mol. The molecule has 1 amide bonds. The molecule has 27 heavy (non-hydrogen) atoms. The minimum atomic E-state index is -4.68. The van der Waals surface area contributed by atoms with E-state index < -0.39 is 29.4 Å². The van der Waals surface area contributed by atoms with Crippen LogP contribution in [0.2, 0.25) is 0 Å². The van der Waals surface area contributed by atoms with Crippen LogP contribution in [0, 0.1) is 6.92 Å². The summed E-state index contributed by atoms with van der Waals surface area (Å²) in [6, 6.07) is 6.70. The van der Waals surface area contributed by atoms with E-state index in [2.05, 4.69) is 5.32 Å². The number of halogens is 3. The molecular formula is C19H19F3N2O3. The molecule has 0 radical (unpaired) electrons. The van der Waals surface area contributed by atoms with Gasteiger partial charge in [-0.25, -0.2) is 0 Å². The zero-order chi connectivity index (χ0) is 19.8. The van der Waals surface area contributed by atoms with Crippen molar-refractivity contribution in [2.75, 3.05) is 0 Å². The number of benzene rings is 1. The summed E-state index contributed by atoms with van der Waals surface area (Å²) >= 11 is 0. The lowest BCUT2D eigenvalue weighted by Crippen LogP contribution is -2.38. The van der Waals surface area contributed by atoms with Gasteiger partial charge in [0, 0.05) is 5.56 Å². The van der Waals surface area contributed by atoms with E-state index in [0.717, 1.165) is 23.6 Å². The monoisotopic (exact) mass is 380 g/mol. The summed E-state index contributed by atoms with van der Waals surface area (Å²) in [6.07, 6.45) is -3.48. The highest BCUT2D eigenvalue weighted by molar-refractivity contribution is 5.94. The Hall–Kier alpha value is -2.77. The Bertz CT molecular complexity index is 921. The zero-order valence-corrected chi connectivity index (χ0v) is 14.8. The highest BCUT2D eigenvalue weighted by Gasteiger charge is 2.36. The third-order valence-corrected chi connectivity index (χ3v) is 4.47. The largest absolute Gasteiger partial charge is 0.488 e. The smallest absolute Gasteiger partial charge is 0.431 e. The molecule has 0 bridgehead atoms. The number of carbonyl (C=O) groups excluding carboxylic acids is 1. The highest BCUT2D eigenvalue weighted by atomic mass is 19.4. The molecule has 1 aromatic heterocycles. The van der Waals surface area contributed by atoms with Gasteiger partial charge in [-0.1, -0.05) is 25.5 Å². The van der Waals surface area contributed by atoms with Crippen LogP contribution in [0.25, 0.3) is 0 Å². The van der Waals surface area contributed by atoms with Crippen LogP contribution >= 0.6 is 0 Å². The summed E-state index contributed by atoms with van der Waals surface area (Å²) in [7, 11) is 0. The van der Waals surface area contributed by atoms with E-state index in [0.29, 0.717) is 18.2 Å². The number of H-pyrrole nitrogens is 1. The van der Waals surface area contributed by atoms with Crippen molar-refractivity contribution in [3.05, 3.63) is 63.1 Å². The number of amides is 1. The maximum absolute atomic E-state index is 12.7. The number of fused-ring (bicyclic) bond motifs is 1. The van der Waals surface area contributed by atoms with Gasteiger partial charge in [0.15, 0.2) is 0 Å². The number of nitrogens with one attached hydrogen (secondary N) is 2. The number of aromatic nitrogens is 1. The fourth-order valence-electron chi connectivity index (χ4n) is 3.15. The molecule has 0 spiro atoms. The molecular weight excluding hydrogens is 361 g/mol. The molecule has 1 aliphatic heterocycles. The number of pyridine rings is 1. The van der Waals surface area contributed by atoms with Crippen molar-refractivity contribution >= 4 is 5.91 Å². The van der Waals surface area contributed by atoms with Gasteiger partial charge >= 0.3 is 6.18 Å². The van der Waals surface area contributed by atoms with Gasteiger partial charge in [0.05, 0.1) is 6.04 Å². The van der Waals surface area contributed by atoms with Crippen LogP contribution in [-0.2, 0) is 6.18 Å². The van der Waals surface area contributed by atoms with Gasteiger partial charge in [0.25, 0.3) is 11.5 Å². The van der Waals surface area contributed by atoms with Crippen molar-refractivity contribution < 1.29 is 22.7 Å². The summed E-state index contributed by atoms with van der Waals surface area (Å²) in [5.41, 5.74) is -0.861. The number of aromatic amines is 1. The van der Waals surface area contributed by atoms with E-state index in [-0.39, 0.29) is 11.7 Å². The Labute approximate surface area is 153 Å². The molecule has 2 atom stereocenters. The van der Waals surface area contributed by atoms with E-state index in [1.54, 1.807) is 4.98 Å². The number of rotatable bonds is 4. The minimum absolute atomic E-state index is 0.302. The average molecular weight is 380 g/mol. The maximum atomic E-state index is 12.7. The number of aryl methyl sites for hydroxylation is 1. The van der Waals surface area contributed by atoms with Gasteiger partial charge in [-0.05, 0) is 37.1 Å². The predicted octanol–water partition coefficient (Wildman–Crippen LogP) is 3.73. The second-order valence-corrected chi connectivity index (χ2v) is 6.55. The van der Waals surface area contributed by atoms with Gasteiger partial charge in [-0.2, -0.15) is 13.2 Å². The summed E-state index contributed by atoms with van der Waals surface area (Å²) in [5.74, 6) is -0.0758. The summed E-state index contributed by atoms with van der Waals surface area (Å²) in [6.45, 7) is 3.91. The second kappa shape index (κ2) is 7.09. The van der Waals surface area contributed by atoms with Crippen LogP contribution in [0.1, 0.15) is 53.0 Å². The summed E-state index contributed by atoms with van der Waals surface area (Å²) in [4.78, 5) is 26.2. The number of carbonyl (C=O) groups is 1. The molecule has 2 aromatic rings. The first kappa shape index (κ1) is 19.0. The Balaban J connectivity index is 1.87.